The number of rotatable bonds is 12. The maximum atomic E-state index is 12.5. The van der Waals surface area contributed by atoms with E-state index in [1.165, 1.54) is 57.8 Å². The van der Waals surface area contributed by atoms with Crippen LogP contribution in [0.3, 0.4) is 0 Å². The molecule has 4 rings (SSSR count). The van der Waals surface area contributed by atoms with Crippen LogP contribution in [0, 0.1) is 52.3 Å². The molecule has 0 aromatic heterocycles. The standard InChI is InChI=1S/C37H62O2/c1-8-10-11-12-13-14-35(38)39-30-21-23-36(6)29(25-30)17-18-31-33-20-19-32(37(33,7)24-22-34(31)36)27(5)15-16-28(9-2)26(3)4/h8,10,17,26-28,30-34H,9,11-16,18-25H2,1-7H3/b10-8-. The Hall–Kier alpha value is -1.05. The van der Waals surface area contributed by atoms with Gasteiger partial charge in [0.25, 0.3) is 0 Å². The molecular weight excluding hydrogens is 476 g/mol. The zero-order chi connectivity index (χ0) is 28.2. The van der Waals surface area contributed by atoms with E-state index in [-0.39, 0.29) is 12.1 Å². The highest BCUT2D eigenvalue weighted by atomic mass is 16.5. The van der Waals surface area contributed by atoms with Gasteiger partial charge in [-0.15, -0.1) is 0 Å². The van der Waals surface area contributed by atoms with Gasteiger partial charge >= 0.3 is 5.97 Å². The van der Waals surface area contributed by atoms with Crippen molar-refractivity contribution in [3.05, 3.63) is 23.8 Å². The second kappa shape index (κ2) is 13.3. The SMILES string of the molecule is C/C=C\CCCCC(=O)OC1CCC2(C)C(=CCC3C2CCC2(C)C(C(C)CCC(CC)C(C)C)CCC32)C1. The summed E-state index contributed by atoms with van der Waals surface area (Å²) < 4.78 is 6.02. The van der Waals surface area contributed by atoms with E-state index < -0.39 is 0 Å². The average Bonchev–Trinajstić information content (AvgIpc) is 3.26. The van der Waals surface area contributed by atoms with Crippen molar-refractivity contribution in [2.75, 3.05) is 0 Å². The molecule has 0 spiro atoms. The minimum Gasteiger partial charge on any atom is -0.462 e. The number of carbonyl (C=O) groups is 1. The van der Waals surface area contributed by atoms with Gasteiger partial charge in [-0.05, 0) is 130 Å². The predicted molar refractivity (Wildman–Crippen MR) is 165 cm³/mol. The Bertz CT molecular complexity index is 869. The molecule has 2 nitrogen and oxygen atoms in total. The minimum absolute atomic E-state index is 0.0246. The third-order valence-electron chi connectivity index (χ3n) is 12.8. The molecule has 4 aliphatic carbocycles. The van der Waals surface area contributed by atoms with Crippen molar-refractivity contribution in [3.8, 4) is 0 Å². The summed E-state index contributed by atoms with van der Waals surface area (Å²) in [6.07, 6.45) is 25.1. The lowest BCUT2D eigenvalue weighted by atomic mass is 9.47. The van der Waals surface area contributed by atoms with Gasteiger partial charge < -0.3 is 4.74 Å². The van der Waals surface area contributed by atoms with Gasteiger partial charge in [-0.1, -0.05) is 78.2 Å². The molecule has 0 amide bonds. The highest BCUT2D eigenvalue weighted by molar-refractivity contribution is 5.69. The summed E-state index contributed by atoms with van der Waals surface area (Å²) in [6, 6.07) is 0. The van der Waals surface area contributed by atoms with E-state index in [1.807, 2.05) is 0 Å². The maximum absolute atomic E-state index is 12.5. The molecule has 4 aliphatic rings. The first-order valence-electron chi connectivity index (χ1n) is 17.1. The number of fused-ring (bicyclic) bond motifs is 5. The van der Waals surface area contributed by atoms with Crippen molar-refractivity contribution < 1.29 is 9.53 Å². The smallest absolute Gasteiger partial charge is 0.306 e. The molecule has 0 radical (unpaired) electrons. The molecule has 2 heteroatoms. The van der Waals surface area contributed by atoms with Crippen LogP contribution < -0.4 is 0 Å². The van der Waals surface area contributed by atoms with Crippen LogP contribution in [0.5, 0.6) is 0 Å². The van der Waals surface area contributed by atoms with Crippen molar-refractivity contribution in [3.63, 3.8) is 0 Å². The summed E-state index contributed by atoms with van der Waals surface area (Å²) in [5.74, 6) is 6.12. The number of hydrogen-bond acceptors (Lipinski definition) is 2. The molecule has 222 valence electrons. The van der Waals surface area contributed by atoms with E-state index in [2.05, 4.69) is 66.7 Å². The average molecular weight is 539 g/mol. The van der Waals surface area contributed by atoms with Gasteiger partial charge in [-0.2, -0.15) is 0 Å². The predicted octanol–water partition coefficient (Wildman–Crippen LogP) is 10.7. The number of allylic oxidation sites excluding steroid dienone is 3. The van der Waals surface area contributed by atoms with E-state index in [0.29, 0.717) is 17.3 Å². The lowest BCUT2D eigenvalue weighted by Crippen LogP contribution is -2.51. The third kappa shape index (κ3) is 6.56. The van der Waals surface area contributed by atoms with Crippen molar-refractivity contribution in [2.45, 2.75) is 151 Å². The highest BCUT2D eigenvalue weighted by Gasteiger charge is 2.59. The molecule has 0 heterocycles. The van der Waals surface area contributed by atoms with Crippen LogP contribution >= 0.6 is 0 Å². The summed E-state index contributed by atoms with van der Waals surface area (Å²) in [5.41, 5.74) is 2.50. The lowest BCUT2D eigenvalue weighted by Gasteiger charge is -2.58. The van der Waals surface area contributed by atoms with Gasteiger partial charge in [0, 0.05) is 12.8 Å². The van der Waals surface area contributed by atoms with E-state index in [1.54, 1.807) is 5.57 Å². The molecular formula is C37H62O2. The van der Waals surface area contributed by atoms with Crippen LogP contribution in [-0.2, 0) is 9.53 Å². The minimum atomic E-state index is 0.0246. The second-order valence-corrected chi connectivity index (χ2v) is 15.1. The molecule has 0 N–H and O–H groups in total. The third-order valence-corrected chi connectivity index (χ3v) is 12.8. The fraction of sp³-hybridized carbons (Fsp3) is 0.865. The summed E-state index contributed by atoms with van der Waals surface area (Å²) in [6.45, 7) is 17.2. The zero-order valence-electron chi connectivity index (χ0n) is 26.8. The Balaban J connectivity index is 1.35. The summed E-state index contributed by atoms with van der Waals surface area (Å²) >= 11 is 0. The van der Waals surface area contributed by atoms with E-state index in [4.69, 9.17) is 4.74 Å². The van der Waals surface area contributed by atoms with Gasteiger partial charge in [0.2, 0.25) is 0 Å². The van der Waals surface area contributed by atoms with Crippen molar-refractivity contribution in [2.24, 2.45) is 52.3 Å². The van der Waals surface area contributed by atoms with Gasteiger partial charge in [0.15, 0.2) is 0 Å². The first-order valence-corrected chi connectivity index (χ1v) is 17.1. The Morgan fingerprint density at radius 3 is 2.56 bits per heavy atom. The number of esters is 1. The van der Waals surface area contributed by atoms with Crippen molar-refractivity contribution in [1.82, 2.24) is 0 Å². The quantitative estimate of drug-likeness (QED) is 0.140. The molecule has 9 unspecified atom stereocenters. The molecule has 9 atom stereocenters. The van der Waals surface area contributed by atoms with Crippen molar-refractivity contribution in [1.29, 1.82) is 0 Å². The first-order chi connectivity index (χ1) is 18.6. The largest absolute Gasteiger partial charge is 0.462 e. The Labute approximate surface area is 242 Å². The first kappa shape index (κ1) is 30.9. The maximum Gasteiger partial charge on any atom is 0.306 e. The molecule has 39 heavy (non-hydrogen) atoms. The zero-order valence-corrected chi connectivity index (χ0v) is 26.8. The summed E-state index contributed by atoms with van der Waals surface area (Å²) in [5, 5.41) is 0. The number of ether oxygens (including phenoxy) is 1. The lowest BCUT2D eigenvalue weighted by molar-refractivity contribution is -0.151. The van der Waals surface area contributed by atoms with E-state index in [9.17, 15) is 4.79 Å². The number of hydrogen-bond donors (Lipinski definition) is 0. The van der Waals surface area contributed by atoms with Crippen molar-refractivity contribution >= 4 is 5.97 Å². The molecule has 0 saturated heterocycles. The number of carbonyl (C=O) groups excluding carboxylic acids is 1. The Kier molecular flexibility index (Phi) is 10.5. The Morgan fingerprint density at radius 1 is 1.05 bits per heavy atom. The van der Waals surface area contributed by atoms with E-state index in [0.717, 1.165) is 73.5 Å². The fourth-order valence-corrected chi connectivity index (χ4v) is 10.3. The molecule has 3 saturated carbocycles. The fourth-order valence-electron chi connectivity index (χ4n) is 10.3. The topological polar surface area (TPSA) is 26.3 Å². The van der Waals surface area contributed by atoms with Crippen LogP contribution in [0.2, 0.25) is 0 Å². The number of unbranched alkanes of at least 4 members (excludes halogenated alkanes) is 2. The van der Waals surface area contributed by atoms with Crippen LogP contribution in [0.4, 0.5) is 0 Å². The molecule has 0 aromatic rings. The van der Waals surface area contributed by atoms with Crippen LogP contribution in [0.1, 0.15) is 145 Å². The molecule has 3 fully saturated rings. The van der Waals surface area contributed by atoms with Gasteiger partial charge in [0.1, 0.15) is 6.10 Å². The van der Waals surface area contributed by atoms with Crippen LogP contribution in [-0.4, -0.2) is 12.1 Å². The normalized spacial score (nSPS) is 37.6. The van der Waals surface area contributed by atoms with Gasteiger partial charge in [0.05, 0.1) is 0 Å². The highest BCUT2D eigenvalue weighted by Crippen LogP contribution is 2.67. The second-order valence-electron chi connectivity index (χ2n) is 15.1. The molecule has 0 aliphatic heterocycles. The van der Waals surface area contributed by atoms with Gasteiger partial charge in [-0.3, -0.25) is 4.79 Å². The summed E-state index contributed by atoms with van der Waals surface area (Å²) in [4.78, 5) is 12.5. The van der Waals surface area contributed by atoms with Gasteiger partial charge in [-0.25, -0.2) is 0 Å². The molecule has 0 bridgehead atoms. The summed E-state index contributed by atoms with van der Waals surface area (Å²) in [7, 11) is 0. The van der Waals surface area contributed by atoms with E-state index >= 15 is 0 Å². The van der Waals surface area contributed by atoms with Crippen LogP contribution in [0.25, 0.3) is 0 Å². The van der Waals surface area contributed by atoms with Crippen LogP contribution in [0.15, 0.2) is 23.8 Å². The Morgan fingerprint density at radius 2 is 1.85 bits per heavy atom. The molecule has 0 aromatic carbocycles. The monoisotopic (exact) mass is 538 g/mol.